The van der Waals surface area contributed by atoms with Crippen molar-refractivity contribution in [2.75, 3.05) is 19.4 Å². The molecule has 1 aromatic carbocycles. The van der Waals surface area contributed by atoms with Gasteiger partial charge in [-0.1, -0.05) is 26.8 Å². The number of anilines is 1. The Labute approximate surface area is 213 Å². The summed E-state index contributed by atoms with van der Waals surface area (Å²) in [6.45, 7) is 5.03. The van der Waals surface area contributed by atoms with Crippen molar-refractivity contribution in [2.24, 2.45) is 34.8 Å². The number of phenols is 1. The maximum absolute atomic E-state index is 13.8. The molecule has 2 saturated carbocycles. The molecule has 1 aromatic rings. The lowest BCUT2D eigenvalue weighted by atomic mass is 9.52. The van der Waals surface area contributed by atoms with Crippen LogP contribution in [0.25, 0.3) is 0 Å². The van der Waals surface area contributed by atoms with Crippen molar-refractivity contribution in [2.45, 2.75) is 45.3 Å². The van der Waals surface area contributed by atoms with Gasteiger partial charge < -0.3 is 21.3 Å². The van der Waals surface area contributed by atoms with E-state index in [-0.39, 0.29) is 24.1 Å². The number of benzene rings is 1. The number of rotatable bonds is 3. The fourth-order valence-corrected chi connectivity index (χ4v) is 5.99. The molecular formula is C26H31N3O8. The molecule has 3 aliphatic rings. The molecule has 0 spiro atoms. The van der Waals surface area contributed by atoms with Crippen molar-refractivity contribution in [1.82, 2.24) is 4.90 Å². The number of nitrogens with zero attached hydrogens (tertiary/aromatic N) is 1. The van der Waals surface area contributed by atoms with E-state index < -0.39 is 81.4 Å². The van der Waals surface area contributed by atoms with E-state index in [9.17, 15) is 39.0 Å². The number of nitrogens with two attached hydrogens (primary N) is 1. The number of carbonyl (C=O) groups excluding carboxylic acids is 6. The second-order valence-corrected chi connectivity index (χ2v) is 11.5. The van der Waals surface area contributed by atoms with E-state index in [2.05, 4.69) is 5.32 Å². The number of hydrogen-bond donors (Lipinski definition) is 4. The van der Waals surface area contributed by atoms with Crippen molar-refractivity contribution in [3.8, 4) is 5.75 Å². The molecule has 0 bridgehead atoms. The minimum atomic E-state index is -2.77. The van der Waals surface area contributed by atoms with Gasteiger partial charge in [0.2, 0.25) is 11.8 Å². The van der Waals surface area contributed by atoms with Gasteiger partial charge in [0.15, 0.2) is 34.7 Å². The van der Waals surface area contributed by atoms with E-state index in [1.54, 1.807) is 26.8 Å². The van der Waals surface area contributed by atoms with Crippen molar-refractivity contribution < 1.29 is 39.0 Å². The molecular weight excluding hydrogens is 482 g/mol. The number of ketones is 4. The maximum atomic E-state index is 13.8. The summed E-state index contributed by atoms with van der Waals surface area (Å²) in [5.41, 5.74) is 2.02. The van der Waals surface area contributed by atoms with E-state index in [4.69, 9.17) is 5.73 Å². The Hall–Kier alpha value is -3.44. The zero-order valence-electron chi connectivity index (χ0n) is 21.3. The van der Waals surface area contributed by atoms with Crippen LogP contribution in [0.3, 0.4) is 0 Å². The summed E-state index contributed by atoms with van der Waals surface area (Å²) in [6, 6.07) is 1.90. The summed E-state index contributed by atoms with van der Waals surface area (Å²) in [7, 11) is 3.06. The highest BCUT2D eigenvalue weighted by atomic mass is 16.3. The van der Waals surface area contributed by atoms with Gasteiger partial charge in [-0.3, -0.25) is 33.7 Å². The summed E-state index contributed by atoms with van der Waals surface area (Å²) in [5, 5.41) is 25.1. The number of nitrogens with one attached hydrogen (secondary N) is 1. The highest BCUT2D eigenvalue weighted by Crippen LogP contribution is 2.51. The molecule has 11 heteroatoms. The van der Waals surface area contributed by atoms with Crippen LogP contribution in [0.5, 0.6) is 5.75 Å². The predicted octanol–water partition coefficient (Wildman–Crippen LogP) is -0.148. The number of phenolic OH excluding ortho intramolecular Hbond substituents is 1. The monoisotopic (exact) mass is 513 g/mol. The molecule has 2 amide bonds. The molecule has 0 aromatic heterocycles. The summed E-state index contributed by atoms with van der Waals surface area (Å²) >= 11 is 0. The van der Waals surface area contributed by atoms with Gasteiger partial charge in [0, 0.05) is 11.3 Å². The molecule has 37 heavy (non-hydrogen) atoms. The molecule has 4 rings (SSSR count). The number of aromatic hydroxyl groups is 1. The van der Waals surface area contributed by atoms with Crippen LogP contribution in [0.1, 0.15) is 43.1 Å². The van der Waals surface area contributed by atoms with Crippen molar-refractivity contribution >= 4 is 40.6 Å². The number of Topliss-reactive ketones (excluding diaryl/α,β-unsaturated/α-hetero) is 4. The quantitative estimate of drug-likeness (QED) is 0.315. The highest BCUT2D eigenvalue weighted by molar-refractivity contribution is 6.32. The first-order valence-corrected chi connectivity index (χ1v) is 12.0. The van der Waals surface area contributed by atoms with Crippen LogP contribution in [0.15, 0.2) is 12.1 Å². The first-order chi connectivity index (χ1) is 17.0. The number of amides is 2. The molecule has 2 fully saturated rings. The van der Waals surface area contributed by atoms with E-state index in [0.717, 1.165) is 0 Å². The lowest BCUT2D eigenvalue weighted by Crippen LogP contribution is -2.74. The minimum Gasteiger partial charge on any atom is -0.505 e. The topological polar surface area (TPSA) is 184 Å². The number of hydrogen-bond acceptors (Lipinski definition) is 9. The summed E-state index contributed by atoms with van der Waals surface area (Å²) in [4.78, 5) is 79.6. The number of likely N-dealkylation sites (N-methyl/N-ethyl adjacent to an activating group) is 1. The predicted molar refractivity (Wildman–Crippen MR) is 129 cm³/mol. The summed E-state index contributed by atoms with van der Waals surface area (Å²) < 4.78 is 0. The SMILES string of the molecule is CN(C)[C@H]1C(=O)C(C(N)=O)C(=O)[C@@]2(O)C(=O)C3C(=O)c4c(ccc(NC(=O)C(C)(C)C)c4O)C[C@H]3C[C@@H]12. The van der Waals surface area contributed by atoms with Crippen LogP contribution in [0.4, 0.5) is 5.69 Å². The van der Waals surface area contributed by atoms with Crippen LogP contribution >= 0.6 is 0 Å². The third kappa shape index (κ3) is 3.79. The Morgan fingerprint density at radius 3 is 2.27 bits per heavy atom. The fraction of sp³-hybridized carbons (Fsp3) is 0.538. The van der Waals surface area contributed by atoms with Crippen molar-refractivity contribution in [1.29, 1.82) is 0 Å². The Bertz CT molecular complexity index is 1260. The molecule has 0 aliphatic heterocycles. The van der Waals surface area contributed by atoms with Gasteiger partial charge in [-0.05, 0) is 44.5 Å². The minimum absolute atomic E-state index is 0.00822. The standard InChI is InChI=1S/C26H31N3O8/c1-25(2,3)24(36)28-13-7-6-10-8-11-9-12-17(29(4)5)20(32)16(23(27)35)22(34)26(12,37)21(33)15(11)19(31)14(10)18(13)30/h6-7,11-12,15-17,30,37H,8-9H2,1-5H3,(H2,27,35)(H,28,36)/t11-,12-,15?,16?,17+,26-/m0/s1. The van der Waals surface area contributed by atoms with Crippen LogP contribution in [0.2, 0.25) is 0 Å². The van der Waals surface area contributed by atoms with E-state index in [1.165, 1.54) is 25.1 Å². The summed E-state index contributed by atoms with van der Waals surface area (Å²) in [5.74, 6) is -11.5. The number of fused-ring (bicyclic) bond motifs is 3. The van der Waals surface area contributed by atoms with Gasteiger partial charge in [-0.15, -0.1) is 0 Å². The zero-order chi connectivity index (χ0) is 27.8. The molecule has 5 N–H and O–H groups in total. The van der Waals surface area contributed by atoms with Gasteiger partial charge in [0.25, 0.3) is 0 Å². The number of carbonyl (C=O) groups is 6. The Morgan fingerprint density at radius 1 is 1.11 bits per heavy atom. The van der Waals surface area contributed by atoms with Gasteiger partial charge >= 0.3 is 0 Å². The van der Waals surface area contributed by atoms with Gasteiger partial charge in [0.05, 0.1) is 23.2 Å². The Morgan fingerprint density at radius 2 is 1.73 bits per heavy atom. The normalized spacial score (nSPS) is 31.5. The van der Waals surface area contributed by atoms with Crippen LogP contribution in [0, 0.1) is 29.1 Å². The lowest BCUT2D eigenvalue weighted by Gasteiger charge is -2.52. The van der Waals surface area contributed by atoms with E-state index in [0.29, 0.717) is 5.56 Å². The molecule has 0 heterocycles. The van der Waals surface area contributed by atoms with E-state index >= 15 is 0 Å². The first kappa shape index (κ1) is 26.6. The first-order valence-electron chi connectivity index (χ1n) is 12.0. The molecule has 0 saturated heterocycles. The van der Waals surface area contributed by atoms with Crippen LogP contribution in [-0.4, -0.2) is 75.8 Å². The highest BCUT2D eigenvalue weighted by Gasteiger charge is 2.69. The third-order valence-electron chi connectivity index (χ3n) is 7.86. The fourth-order valence-electron chi connectivity index (χ4n) is 5.99. The summed E-state index contributed by atoms with van der Waals surface area (Å²) in [6.07, 6.45) is 0.139. The Balaban J connectivity index is 1.80. The lowest BCUT2D eigenvalue weighted by molar-refractivity contribution is -0.181. The molecule has 2 unspecified atom stereocenters. The van der Waals surface area contributed by atoms with Gasteiger partial charge in [-0.2, -0.15) is 0 Å². The molecule has 198 valence electrons. The second kappa shape index (κ2) is 8.56. The molecule has 0 radical (unpaired) electrons. The molecule has 3 aliphatic carbocycles. The largest absolute Gasteiger partial charge is 0.505 e. The van der Waals surface area contributed by atoms with Crippen molar-refractivity contribution in [3.63, 3.8) is 0 Å². The van der Waals surface area contributed by atoms with E-state index in [1.807, 2.05) is 0 Å². The van der Waals surface area contributed by atoms with Crippen LogP contribution in [-0.2, 0) is 30.4 Å². The van der Waals surface area contributed by atoms with Gasteiger partial charge in [0.1, 0.15) is 5.75 Å². The number of primary amides is 1. The van der Waals surface area contributed by atoms with Crippen LogP contribution < -0.4 is 11.1 Å². The average Bonchev–Trinajstić information content (AvgIpc) is 2.77. The van der Waals surface area contributed by atoms with Crippen molar-refractivity contribution in [3.05, 3.63) is 23.3 Å². The number of aliphatic hydroxyl groups is 1. The average molecular weight is 514 g/mol. The smallest absolute Gasteiger partial charge is 0.235 e. The molecule has 11 nitrogen and oxygen atoms in total. The third-order valence-corrected chi connectivity index (χ3v) is 7.86. The molecule has 6 atom stereocenters. The van der Waals surface area contributed by atoms with Gasteiger partial charge in [-0.25, -0.2) is 0 Å². The maximum Gasteiger partial charge on any atom is 0.235 e. The Kier molecular flexibility index (Phi) is 6.16. The zero-order valence-corrected chi connectivity index (χ0v) is 21.3. The second-order valence-electron chi connectivity index (χ2n) is 11.5.